The van der Waals surface area contributed by atoms with E-state index in [1.54, 1.807) is 30.2 Å². The number of benzene rings is 1. The maximum absolute atomic E-state index is 13.4. The van der Waals surface area contributed by atoms with E-state index < -0.39 is 11.6 Å². The van der Waals surface area contributed by atoms with Crippen LogP contribution in [-0.4, -0.2) is 66.1 Å². The molecule has 0 amide bonds. The molecule has 3 rings (SSSR count). The average molecular weight is 363 g/mol. The Labute approximate surface area is 150 Å². The van der Waals surface area contributed by atoms with Crippen LogP contribution >= 0.6 is 0 Å². The molecule has 0 bridgehead atoms. The molecule has 1 fully saturated rings. The lowest BCUT2D eigenvalue weighted by molar-refractivity contribution is -0.385. The normalized spacial score (nSPS) is 18.2. The number of anilines is 1. The summed E-state index contributed by atoms with van der Waals surface area (Å²) in [5.41, 5.74) is 2.13. The lowest BCUT2D eigenvalue weighted by atomic mass is 10.0. The number of methoxy groups -OCH3 is 1. The van der Waals surface area contributed by atoms with Gasteiger partial charge in [-0.15, -0.1) is 0 Å². The summed E-state index contributed by atoms with van der Waals surface area (Å²) in [5.74, 6) is 0.188. The first kappa shape index (κ1) is 18.1. The Hall–Kier alpha value is -2.68. The molecule has 140 valence electrons. The summed E-state index contributed by atoms with van der Waals surface area (Å²) in [7, 11) is 5.10. The highest BCUT2D eigenvalue weighted by molar-refractivity contribution is 5.82. The number of aryl methyl sites for hydroxylation is 1. The SMILES string of the molecule is COc1cc(N2CCN(C)C(CF)C2)c(-c2cnn(C)c2)cc1[N+](=O)[O-]. The van der Waals surface area contributed by atoms with Crippen molar-refractivity contribution in [2.45, 2.75) is 6.04 Å². The fourth-order valence-electron chi connectivity index (χ4n) is 3.25. The molecule has 1 atom stereocenters. The van der Waals surface area contributed by atoms with Crippen molar-refractivity contribution in [3.05, 3.63) is 34.6 Å². The fraction of sp³-hybridized carbons (Fsp3) is 0.471. The highest BCUT2D eigenvalue weighted by Crippen LogP contribution is 2.40. The molecule has 2 aromatic rings. The predicted molar refractivity (Wildman–Crippen MR) is 96.5 cm³/mol. The number of alkyl halides is 1. The van der Waals surface area contributed by atoms with E-state index >= 15 is 0 Å². The van der Waals surface area contributed by atoms with Crippen LogP contribution in [0, 0.1) is 10.1 Å². The van der Waals surface area contributed by atoms with E-state index in [0.717, 1.165) is 11.3 Å². The third-order valence-electron chi connectivity index (χ3n) is 4.81. The lowest BCUT2D eigenvalue weighted by Gasteiger charge is -2.40. The number of halogens is 1. The minimum Gasteiger partial charge on any atom is -0.490 e. The predicted octanol–water partition coefficient (Wildman–Crippen LogP) is 2.09. The van der Waals surface area contributed by atoms with Gasteiger partial charge in [0.1, 0.15) is 6.67 Å². The number of nitro benzene ring substituents is 1. The van der Waals surface area contributed by atoms with Crippen LogP contribution in [0.3, 0.4) is 0 Å². The Kier molecular flexibility index (Phi) is 5.08. The van der Waals surface area contributed by atoms with Crippen LogP contribution < -0.4 is 9.64 Å². The molecule has 1 aliphatic rings. The molecule has 26 heavy (non-hydrogen) atoms. The molecule has 0 radical (unpaired) electrons. The van der Waals surface area contributed by atoms with Gasteiger partial charge in [0.2, 0.25) is 0 Å². The smallest absolute Gasteiger partial charge is 0.311 e. The Morgan fingerprint density at radius 1 is 1.38 bits per heavy atom. The Morgan fingerprint density at radius 3 is 2.73 bits per heavy atom. The Balaban J connectivity index is 2.11. The summed E-state index contributed by atoms with van der Waals surface area (Å²) < 4.78 is 20.2. The van der Waals surface area contributed by atoms with Crippen LogP contribution in [-0.2, 0) is 7.05 Å². The van der Waals surface area contributed by atoms with Crippen molar-refractivity contribution < 1.29 is 14.1 Å². The molecule has 0 saturated carbocycles. The lowest BCUT2D eigenvalue weighted by Crippen LogP contribution is -2.52. The minimum atomic E-state index is -0.461. The van der Waals surface area contributed by atoms with Crippen LogP contribution in [0.5, 0.6) is 5.75 Å². The van der Waals surface area contributed by atoms with Crippen LogP contribution in [0.25, 0.3) is 11.1 Å². The van der Waals surface area contributed by atoms with Gasteiger partial charge >= 0.3 is 5.69 Å². The molecular formula is C17H22FN5O3. The van der Waals surface area contributed by atoms with E-state index in [-0.39, 0.29) is 17.5 Å². The number of hydrogen-bond donors (Lipinski definition) is 0. The standard InChI is InChI=1S/C17H22FN5O3/c1-20-4-5-22(11-13(20)8-18)15-7-17(26-3)16(23(24)25)6-14(15)12-9-19-21(2)10-12/h6-7,9-10,13H,4-5,8,11H2,1-3H3. The minimum absolute atomic E-state index is 0.105. The zero-order valence-corrected chi connectivity index (χ0v) is 15.1. The third kappa shape index (κ3) is 3.34. The molecule has 1 aromatic heterocycles. The van der Waals surface area contributed by atoms with Crippen molar-refractivity contribution in [3.8, 4) is 16.9 Å². The quantitative estimate of drug-likeness (QED) is 0.598. The number of likely N-dealkylation sites (N-methyl/N-ethyl adjacent to an activating group) is 1. The van der Waals surface area contributed by atoms with Crippen molar-refractivity contribution in [1.82, 2.24) is 14.7 Å². The van der Waals surface area contributed by atoms with Crippen LogP contribution in [0.1, 0.15) is 0 Å². The molecule has 0 spiro atoms. The monoisotopic (exact) mass is 363 g/mol. The van der Waals surface area contributed by atoms with E-state index in [1.165, 1.54) is 13.2 Å². The van der Waals surface area contributed by atoms with Gasteiger partial charge in [-0.25, -0.2) is 4.39 Å². The van der Waals surface area contributed by atoms with E-state index in [1.807, 2.05) is 11.9 Å². The molecule has 9 heteroatoms. The second-order valence-corrected chi connectivity index (χ2v) is 6.44. The first-order valence-corrected chi connectivity index (χ1v) is 8.31. The van der Waals surface area contributed by atoms with Crippen molar-refractivity contribution >= 4 is 11.4 Å². The van der Waals surface area contributed by atoms with Crippen LogP contribution in [0.2, 0.25) is 0 Å². The fourth-order valence-corrected chi connectivity index (χ4v) is 3.25. The molecule has 8 nitrogen and oxygen atoms in total. The van der Waals surface area contributed by atoms with Gasteiger partial charge in [-0.05, 0) is 7.05 Å². The zero-order chi connectivity index (χ0) is 18.8. The van der Waals surface area contributed by atoms with E-state index in [4.69, 9.17) is 4.74 Å². The average Bonchev–Trinajstić information content (AvgIpc) is 3.07. The van der Waals surface area contributed by atoms with Crippen molar-refractivity contribution in [2.75, 3.05) is 45.4 Å². The zero-order valence-electron chi connectivity index (χ0n) is 15.1. The highest BCUT2D eigenvalue weighted by atomic mass is 19.1. The summed E-state index contributed by atoms with van der Waals surface area (Å²) in [4.78, 5) is 15.0. The molecule has 2 heterocycles. The summed E-state index contributed by atoms with van der Waals surface area (Å²) in [6.45, 7) is 1.46. The molecule has 0 N–H and O–H groups in total. The number of ether oxygens (including phenoxy) is 1. The number of nitro groups is 1. The summed E-state index contributed by atoms with van der Waals surface area (Å²) in [5, 5.41) is 15.6. The summed E-state index contributed by atoms with van der Waals surface area (Å²) in [6.07, 6.45) is 3.47. The van der Waals surface area contributed by atoms with Gasteiger partial charge in [0.05, 0.1) is 24.3 Å². The van der Waals surface area contributed by atoms with Crippen LogP contribution in [0.4, 0.5) is 15.8 Å². The van der Waals surface area contributed by atoms with Crippen molar-refractivity contribution in [1.29, 1.82) is 0 Å². The highest BCUT2D eigenvalue weighted by Gasteiger charge is 2.29. The van der Waals surface area contributed by atoms with Gasteiger partial charge in [0, 0.05) is 61.8 Å². The van der Waals surface area contributed by atoms with Gasteiger partial charge < -0.3 is 9.64 Å². The van der Waals surface area contributed by atoms with Gasteiger partial charge in [0.15, 0.2) is 5.75 Å². The topological polar surface area (TPSA) is 76.7 Å². The number of rotatable bonds is 5. The van der Waals surface area contributed by atoms with Gasteiger partial charge in [-0.2, -0.15) is 5.10 Å². The maximum atomic E-state index is 13.4. The number of hydrogen-bond acceptors (Lipinski definition) is 6. The largest absolute Gasteiger partial charge is 0.490 e. The molecule has 1 aliphatic heterocycles. The van der Waals surface area contributed by atoms with E-state index in [2.05, 4.69) is 10.00 Å². The number of aromatic nitrogens is 2. The van der Waals surface area contributed by atoms with Gasteiger partial charge in [0.25, 0.3) is 0 Å². The third-order valence-corrected chi connectivity index (χ3v) is 4.81. The summed E-state index contributed by atoms with van der Waals surface area (Å²) in [6, 6.07) is 2.96. The second kappa shape index (κ2) is 7.28. The first-order valence-electron chi connectivity index (χ1n) is 8.31. The van der Waals surface area contributed by atoms with Gasteiger partial charge in [-0.1, -0.05) is 0 Å². The molecule has 1 aromatic carbocycles. The maximum Gasteiger partial charge on any atom is 0.311 e. The second-order valence-electron chi connectivity index (χ2n) is 6.44. The number of nitrogens with zero attached hydrogens (tertiary/aromatic N) is 5. The Bertz CT molecular complexity index is 810. The summed E-state index contributed by atoms with van der Waals surface area (Å²) >= 11 is 0. The molecule has 0 aliphatic carbocycles. The first-order chi connectivity index (χ1) is 12.4. The molecule has 1 unspecified atom stereocenters. The Morgan fingerprint density at radius 2 is 2.15 bits per heavy atom. The van der Waals surface area contributed by atoms with E-state index in [0.29, 0.717) is 25.2 Å². The van der Waals surface area contributed by atoms with Crippen molar-refractivity contribution in [2.24, 2.45) is 7.05 Å². The van der Waals surface area contributed by atoms with Crippen molar-refractivity contribution in [3.63, 3.8) is 0 Å². The molecular weight excluding hydrogens is 341 g/mol. The van der Waals surface area contributed by atoms with Crippen LogP contribution in [0.15, 0.2) is 24.5 Å². The van der Waals surface area contributed by atoms with E-state index in [9.17, 15) is 14.5 Å². The molecule has 1 saturated heterocycles. The van der Waals surface area contributed by atoms with Gasteiger partial charge in [-0.3, -0.25) is 19.7 Å². The number of piperazine rings is 1.